The quantitative estimate of drug-likeness (QED) is 0.418. The number of benzene rings is 1. The topological polar surface area (TPSA) is 106 Å². The van der Waals surface area contributed by atoms with Gasteiger partial charge in [0.15, 0.2) is 11.5 Å². The van der Waals surface area contributed by atoms with E-state index in [1.54, 1.807) is 15.6 Å². The van der Waals surface area contributed by atoms with E-state index in [-0.39, 0.29) is 29.2 Å². The van der Waals surface area contributed by atoms with Gasteiger partial charge >= 0.3 is 5.97 Å². The highest BCUT2D eigenvalue weighted by molar-refractivity contribution is 6.01. The van der Waals surface area contributed by atoms with Gasteiger partial charge in [-0.15, -0.1) is 5.10 Å². The summed E-state index contributed by atoms with van der Waals surface area (Å²) in [5.74, 6) is -0.442. The number of aromatic carboxylic acids is 1. The summed E-state index contributed by atoms with van der Waals surface area (Å²) >= 11 is 0. The van der Waals surface area contributed by atoms with Gasteiger partial charge in [-0.25, -0.2) is 19.0 Å². The minimum atomic E-state index is -1.11. The van der Waals surface area contributed by atoms with E-state index < -0.39 is 5.97 Å². The fraction of sp³-hybridized carbons (Fsp3) is 0.370. The van der Waals surface area contributed by atoms with Crippen LogP contribution in [0.15, 0.2) is 55.0 Å². The van der Waals surface area contributed by atoms with E-state index in [4.69, 9.17) is 0 Å². The zero-order valence-corrected chi connectivity index (χ0v) is 20.7. The van der Waals surface area contributed by atoms with Crippen molar-refractivity contribution in [2.24, 2.45) is 11.8 Å². The number of aromatic nitrogens is 5. The maximum absolute atomic E-state index is 13.5. The summed E-state index contributed by atoms with van der Waals surface area (Å²) < 4.78 is 3.24. The second-order valence-electron chi connectivity index (χ2n) is 9.87. The fourth-order valence-corrected chi connectivity index (χ4v) is 4.89. The molecule has 3 aromatic heterocycles. The molecule has 1 N–H and O–H groups in total. The third kappa shape index (κ3) is 4.48. The number of amides is 1. The monoisotopic (exact) mass is 486 g/mol. The molecule has 0 saturated heterocycles. The first-order valence-corrected chi connectivity index (χ1v) is 12.4. The van der Waals surface area contributed by atoms with Crippen LogP contribution in [0.4, 0.5) is 5.82 Å². The van der Waals surface area contributed by atoms with Gasteiger partial charge in [0, 0.05) is 42.2 Å². The number of carbonyl (C=O) groups excluding carboxylic acids is 1. The maximum Gasteiger partial charge on any atom is 0.341 e. The molecule has 4 aromatic rings. The van der Waals surface area contributed by atoms with Crippen LogP contribution in [0.3, 0.4) is 0 Å². The number of anilines is 1. The molecule has 9 nitrogen and oxygen atoms in total. The summed E-state index contributed by atoms with van der Waals surface area (Å²) in [6.07, 6.45) is 8.72. The molecule has 1 aliphatic carbocycles. The number of hydrogen-bond donors (Lipinski definition) is 1. The molecule has 186 valence electrons. The molecule has 36 heavy (non-hydrogen) atoms. The molecular weight excluding hydrogens is 456 g/mol. The van der Waals surface area contributed by atoms with Crippen LogP contribution in [-0.2, 0) is 4.79 Å². The summed E-state index contributed by atoms with van der Waals surface area (Å²) in [6.45, 7) is 6.00. The molecule has 5 rings (SSSR count). The van der Waals surface area contributed by atoms with Crippen LogP contribution in [0.2, 0.25) is 0 Å². The zero-order chi connectivity index (χ0) is 25.4. The predicted octanol–water partition coefficient (Wildman–Crippen LogP) is 4.85. The largest absolute Gasteiger partial charge is 0.477 e. The van der Waals surface area contributed by atoms with Crippen LogP contribution in [-0.4, -0.2) is 47.4 Å². The average Bonchev–Trinajstić information content (AvgIpc) is 3.49. The van der Waals surface area contributed by atoms with Gasteiger partial charge in [-0.2, -0.15) is 5.10 Å². The molecule has 1 saturated carbocycles. The van der Waals surface area contributed by atoms with E-state index in [0.717, 1.165) is 42.6 Å². The van der Waals surface area contributed by atoms with E-state index in [9.17, 15) is 14.7 Å². The summed E-state index contributed by atoms with van der Waals surface area (Å²) in [5, 5.41) is 19.1. The Morgan fingerprint density at radius 1 is 1.08 bits per heavy atom. The van der Waals surface area contributed by atoms with Crippen LogP contribution in [0.5, 0.6) is 0 Å². The lowest BCUT2D eigenvalue weighted by molar-refractivity contribution is -0.124. The summed E-state index contributed by atoms with van der Waals surface area (Å²) in [5.41, 5.74) is 3.14. The van der Waals surface area contributed by atoms with Crippen LogP contribution in [0.25, 0.3) is 22.6 Å². The van der Waals surface area contributed by atoms with Gasteiger partial charge in [-0.3, -0.25) is 9.69 Å². The number of hydrogen-bond acceptors (Lipinski definition) is 5. The number of carboxylic acid groups (broad SMARTS) is 1. The third-order valence-electron chi connectivity index (χ3n) is 6.94. The standard InChI is InChI=1S/C27H30N6O3/c1-17(2)33(26(34)20-7-5-18(3)6-8-20)25-22(27(35)36)16-32(30-25)21-11-9-19(10-12-21)23-15-24-28-13-4-14-31(24)29-23/h4,9-18,20H,5-8H2,1-3H3,(H,35,36). The lowest BCUT2D eigenvalue weighted by Gasteiger charge is -2.32. The molecule has 1 aliphatic rings. The zero-order valence-electron chi connectivity index (χ0n) is 20.7. The van der Waals surface area contributed by atoms with Gasteiger partial charge < -0.3 is 5.11 Å². The van der Waals surface area contributed by atoms with Crippen molar-refractivity contribution >= 4 is 23.3 Å². The van der Waals surface area contributed by atoms with Gasteiger partial charge in [-0.1, -0.05) is 19.1 Å². The van der Waals surface area contributed by atoms with E-state index in [1.807, 2.05) is 56.4 Å². The van der Waals surface area contributed by atoms with Crippen molar-refractivity contribution in [3.8, 4) is 16.9 Å². The van der Waals surface area contributed by atoms with Crippen molar-refractivity contribution in [1.82, 2.24) is 24.4 Å². The molecule has 1 amide bonds. The molecule has 9 heteroatoms. The SMILES string of the molecule is CC1CCC(C(=O)N(c2nn(-c3ccc(-c4cc5ncccn5n4)cc3)cc2C(=O)O)C(C)C)CC1. The number of rotatable bonds is 6. The molecule has 1 aromatic carbocycles. The Hall–Kier alpha value is -4.01. The highest BCUT2D eigenvalue weighted by Gasteiger charge is 2.34. The van der Waals surface area contributed by atoms with Crippen molar-refractivity contribution in [1.29, 1.82) is 0 Å². The Balaban J connectivity index is 1.46. The van der Waals surface area contributed by atoms with Crippen molar-refractivity contribution in [2.45, 2.75) is 52.5 Å². The number of fused-ring (bicyclic) bond motifs is 1. The smallest absolute Gasteiger partial charge is 0.341 e. The first kappa shape index (κ1) is 23.7. The molecule has 0 radical (unpaired) electrons. The van der Waals surface area contributed by atoms with Crippen molar-refractivity contribution in [3.05, 3.63) is 60.6 Å². The van der Waals surface area contributed by atoms with Crippen molar-refractivity contribution < 1.29 is 14.7 Å². The van der Waals surface area contributed by atoms with Gasteiger partial charge in [-0.05, 0) is 63.6 Å². The van der Waals surface area contributed by atoms with Crippen molar-refractivity contribution in [2.75, 3.05) is 4.90 Å². The number of nitrogens with zero attached hydrogens (tertiary/aromatic N) is 6. The minimum absolute atomic E-state index is 0.0109. The second-order valence-corrected chi connectivity index (χ2v) is 9.87. The van der Waals surface area contributed by atoms with Crippen LogP contribution < -0.4 is 4.90 Å². The Morgan fingerprint density at radius 3 is 2.44 bits per heavy atom. The molecule has 3 heterocycles. The van der Waals surface area contributed by atoms with Crippen LogP contribution >= 0.6 is 0 Å². The lowest BCUT2D eigenvalue weighted by atomic mass is 9.82. The average molecular weight is 487 g/mol. The first-order chi connectivity index (χ1) is 17.3. The minimum Gasteiger partial charge on any atom is -0.477 e. The summed E-state index contributed by atoms with van der Waals surface area (Å²) in [6, 6.07) is 11.0. The van der Waals surface area contributed by atoms with Crippen LogP contribution in [0.1, 0.15) is 56.8 Å². The highest BCUT2D eigenvalue weighted by Crippen LogP contribution is 2.33. The second kappa shape index (κ2) is 9.56. The fourth-order valence-electron chi connectivity index (χ4n) is 4.89. The Labute approximate surface area is 209 Å². The maximum atomic E-state index is 13.5. The van der Waals surface area contributed by atoms with E-state index in [1.165, 1.54) is 10.9 Å². The highest BCUT2D eigenvalue weighted by atomic mass is 16.4. The Kier molecular flexibility index (Phi) is 6.30. The molecule has 0 unspecified atom stereocenters. The first-order valence-electron chi connectivity index (χ1n) is 12.4. The molecule has 0 atom stereocenters. The van der Waals surface area contributed by atoms with Gasteiger partial charge in [0.25, 0.3) is 0 Å². The molecule has 0 aliphatic heterocycles. The predicted molar refractivity (Wildman–Crippen MR) is 136 cm³/mol. The van der Waals surface area contributed by atoms with Gasteiger partial charge in [0.1, 0.15) is 5.56 Å². The van der Waals surface area contributed by atoms with Gasteiger partial charge in [0.2, 0.25) is 5.91 Å². The molecular formula is C27H30N6O3. The number of carboxylic acids is 1. The Morgan fingerprint density at radius 2 is 1.81 bits per heavy atom. The third-order valence-corrected chi connectivity index (χ3v) is 6.94. The van der Waals surface area contributed by atoms with Gasteiger partial charge in [0.05, 0.1) is 11.4 Å². The molecule has 0 spiro atoms. The van der Waals surface area contributed by atoms with Crippen molar-refractivity contribution in [3.63, 3.8) is 0 Å². The van der Waals surface area contributed by atoms with E-state index in [2.05, 4.69) is 22.1 Å². The van der Waals surface area contributed by atoms with E-state index in [0.29, 0.717) is 11.6 Å². The van der Waals surface area contributed by atoms with E-state index >= 15 is 0 Å². The molecule has 0 bridgehead atoms. The van der Waals surface area contributed by atoms with Crippen LogP contribution in [0, 0.1) is 11.8 Å². The summed E-state index contributed by atoms with van der Waals surface area (Å²) in [4.78, 5) is 31.5. The Bertz CT molecular complexity index is 1360. The number of carbonyl (C=O) groups is 2. The lowest BCUT2D eigenvalue weighted by Crippen LogP contribution is -2.43. The molecule has 1 fully saturated rings. The summed E-state index contributed by atoms with van der Waals surface area (Å²) in [7, 11) is 0. The normalized spacial score (nSPS) is 18.0.